The Hall–Kier alpha value is -1.37. The monoisotopic (exact) mass is 520 g/mol. The van der Waals surface area contributed by atoms with Gasteiger partial charge in [-0.25, -0.2) is 9.78 Å². The van der Waals surface area contributed by atoms with Crippen LogP contribution in [-0.2, 0) is 9.16 Å². The molecule has 0 spiro atoms. The Labute approximate surface area is 218 Å². The van der Waals surface area contributed by atoms with E-state index < -0.39 is 13.9 Å². The molecule has 1 aliphatic carbocycles. The number of hydrogen-bond acceptors (Lipinski definition) is 4. The molecule has 1 aromatic heterocycles. The molecule has 0 saturated carbocycles. The summed E-state index contributed by atoms with van der Waals surface area (Å²) < 4.78 is 13.1. The van der Waals surface area contributed by atoms with Crippen molar-refractivity contribution < 1.29 is 14.0 Å². The van der Waals surface area contributed by atoms with Crippen LogP contribution >= 0.6 is 11.6 Å². The topological polar surface area (TPSA) is 51.7 Å². The molecular formula is C28H45ClN2O3Si. The highest BCUT2D eigenvalue weighted by Crippen LogP contribution is 2.46. The summed E-state index contributed by atoms with van der Waals surface area (Å²) in [5.74, 6) is 0.931. The Morgan fingerprint density at radius 3 is 2.31 bits per heavy atom. The first-order valence-corrected chi connectivity index (χ1v) is 16.3. The van der Waals surface area contributed by atoms with E-state index in [9.17, 15) is 4.79 Å². The highest BCUT2D eigenvalue weighted by atomic mass is 35.5. The standard InChI is InChI=1S/C28H45ClN2O3Si/c1-19-12-10-11-13-21(19)22-15-16-23(31(22)26(32)33-27(2,3)4)25(20-14-17-24(29)30-18-20)34-35(8,9)28(5,6)7/h10-11,14,17-19,21-23,25H,12-13,15-16H2,1-9H3/t19?,21-,22+,23-,25?/m1/s1. The van der Waals surface area contributed by atoms with Crippen molar-refractivity contribution in [3.8, 4) is 0 Å². The van der Waals surface area contributed by atoms with E-state index in [1.165, 1.54) is 0 Å². The molecule has 1 fully saturated rings. The maximum absolute atomic E-state index is 13.8. The fourth-order valence-corrected chi connectivity index (χ4v) is 6.49. The van der Waals surface area contributed by atoms with E-state index in [1.807, 2.05) is 44.0 Å². The smallest absolute Gasteiger partial charge is 0.410 e. The van der Waals surface area contributed by atoms with Crippen LogP contribution in [0.1, 0.15) is 85.8 Å². The Bertz CT molecular complexity index is 904. The largest absolute Gasteiger partial charge is 0.444 e. The first-order valence-electron chi connectivity index (χ1n) is 13.1. The summed E-state index contributed by atoms with van der Waals surface area (Å²) in [6.45, 7) is 19.4. The molecule has 2 heterocycles. The van der Waals surface area contributed by atoms with Crippen LogP contribution < -0.4 is 0 Å². The molecule has 1 saturated heterocycles. The maximum atomic E-state index is 13.8. The van der Waals surface area contributed by atoms with Gasteiger partial charge in [0.1, 0.15) is 10.8 Å². The van der Waals surface area contributed by atoms with Crippen LogP contribution in [0.2, 0.25) is 23.3 Å². The van der Waals surface area contributed by atoms with E-state index in [2.05, 4.69) is 57.9 Å². The van der Waals surface area contributed by atoms with Crippen molar-refractivity contribution in [1.29, 1.82) is 0 Å². The zero-order valence-electron chi connectivity index (χ0n) is 23.1. The summed E-state index contributed by atoms with van der Waals surface area (Å²) in [6.07, 6.45) is 9.71. The minimum Gasteiger partial charge on any atom is -0.444 e. The second-order valence-corrected chi connectivity index (χ2v) is 18.0. The summed E-state index contributed by atoms with van der Waals surface area (Å²) in [5.41, 5.74) is 0.403. The molecule has 0 radical (unpaired) electrons. The summed E-state index contributed by atoms with van der Waals surface area (Å²) in [7, 11) is -2.17. The van der Waals surface area contributed by atoms with Crippen molar-refractivity contribution in [2.24, 2.45) is 11.8 Å². The van der Waals surface area contributed by atoms with E-state index in [1.54, 1.807) is 0 Å². The predicted molar refractivity (Wildman–Crippen MR) is 146 cm³/mol. The molecule has 0 aromatic carbocycles. The number of carbonyl (C=O) groups excluding carboxylic acids is 1. The summed E-state index contributed by atoms with van der Waals surface area (Å²) in [5, 5.41) is 0.485. The Morgan fingerprint density at radius 1 is 1.11 bits per heavy atom. The minimum atomic E-state index is -2.17. The van der Waals surface area contributed by atoms with Crippen molar-refractivity contribution in [3.05, 3.63) is 41.2 Å². The van der Waals surface area contributed by atoms with Gasteiger partial charge in [0.25, 0.3) is 0 Å². The number of ether oxygens (including phenoxy) is 1. The molecule has 1 amide bonds. The van der Waals surface area contributed by atoms with Gasteiger partial charge in [-0.1, -0.05) is 57.5 Å². The molecule has 196 valence electrons. The summed E-state index contributed by atoms with van der Waals surface area (Å²) in [4.78, 5) is 20.2. The van der Waals surface area contributed by atoms with Crippen molar-refractivity contribution in [2.75, 3.05) is 0 Å². The van der Waals surface area contributed by atoms with Crippen LogP contribution in [-0.4, -0.2) is 42.0 Å². The lowest BCUT2D eigenvalue weighted by Crippen LogP contribution is -2.52. The van der Waals surface area contributed by atoms with Crippen LogP contribution in [0.15, 0.2) is 30.5 Å². The van der Waals surface area contributed by atoms with Crippen molar-refractivity contribution in [1.82, 2.24) is 9.88 Å². The second kappa shape index (κ2) is 10.5. The molecule has 3 rings (SSSR count). The molecule has 0 N–H and O–H groups in total. The van der Waals surface area contributed by atoms with Crippen LogP contribution in [0, 0.1) is 11.8 Å². The molecule has 35 heavy (non-hydrogen) atoms. The Morgan fingerprint density at radius 2 is 1.77 bits per heavy atom. The van der Waals surface area contributed by atoms with Crippen LogP contribution in [0.5, 0.6) is 0 Å². The first-order chi connectivity index (χ1) is 16.1. The number of rotatable bonds is 5. The van der Waals surface area contributed by atoms with E-state index >= 15 is 0 Å². The van der Waals surface area contributed by atoms with Gasteiger partial charge in [-0.3, -0.25) is 4.90 Å². The molecule has 5 atom stereocenters. The number of nitrogens with zero attached hydrogens (tertiary/aromatic N) is 2. The van der Waals surface area contributed by atoms with Crippen molar-refractivity contribution in [2.45, 2.75) is 116 Å². The van der Waals surface area contributed by atoms with Crippen LogP contribution in [0.25, 0.3) is 0 Å². The maximum Gasteiger partial charge on any atom is 0.410 e. The molecule has 1 aliphatic heterocycles. The van der Waals surface area contributed by atoms with E-state index in [4.69, 9.17) is 20.8 Å². The fraction of sp³-hybridized carbons (Fsp3) is 0.714. The van der Waals surface area contributed by atoms with Gasteiger partial charge in [0, 0.05) is 17.8 Å². The number of likely N-dealkylation sites (tertiary alicyclic amines) is 1. The van der Waals surface area contributed by atoms with Crippen LogP contribution in [0.4, 0.5) is 4.79 Å². The van der Waals surface area contributed by atoms with Gasteiger partial charge in [-0.05, 0) is 82.5 Å². The normalized spacial score (nSPS) is 26.6. The van der Waals surface area contributed by atoms with Gasteiger partial charge in [0.15, 0.2) is 8.32 Å². The van der Waals surface area contributed by atoms with E-state index in [0.717, 1.165) is 31.2 Å². The fourth-order valence-electron chi connectivity index (χ4n) is 5.09. The highest BCUT2D eigenvalue weighted by Gasteiger charge is 2.50. The summed E-state index contributed by atoms with van der Waals surface area (Å²) in [6, 6.07) is 3.82. The lowest BCUT2D eigenvalue weighted by atomic mass is 9.78. The Kier molecular flexibility index (Phi) is 8.50. The minimum absolute atomic E-state index is 0.0303. The van der Waals surface area contributed by atoms with E-state index in [0.29, 0.717) is 17.0 Å². The SMILES string of the molecule is CC1CC=CC[C@H]1[C@@H]1CC[C@H](C(O[Si](C)(C)C(C)(C)C)c2ccc(Cl)nc2)N1C(=O)OC(C)(C)C. The Balaban J connectivity index is 2.05. The van der Waals surface area contributed by atoms with Gasteiger partial charge in [-0.15, -0.1) is 0 Å². The molecule has 5 nitrogen and oxygen atoms in total. The number of carbonyl (C=O) groups is 1. The van der Waals surface area contributed by atoms with E-state index in [-0.39, 0.29) is 29.3 Å². The number of amides is 1. The van der Waals surface area contributed by atoms with Gasteiger partial charge < -0.3 is 9.16 Å². The average Bonchev–Trinajstić information content (AvgIpc) is 3.16. The highest BCUT2D eigenvalue weighted by molar-refractivity contribution is 6.74. The molecule has 7 heteroatoms. The number of hydrogen-bond donors (Lipinski definition) is 0. The van der Waals surface area contributed by atoms with Crippen LogP contribution in [0.3, 0.4) is 0 Å². The molecule has 2 unspecified atom stereocenters. The quantitative estimate of drug-likeness (QED) is 0.223. The average molecular weight is 521 g/mol. The lowest BCUT2D eigenvalue weighted by Gasteiger charge is -2.44. The number of pyridine rings is 1. The van der Waals surface area contributed by atoms with Crippen molar-refractivity contribution in [3.63, 3.8) is 0 Å². The van der Waals surface area contributed by atoms with Crippen molar-refractivity contribution >= 4 is 26.0 Å². The third kappa shape index (κ3) is 6.69. The van der Waals surface area contributed by atoms with Gasteiger partial charge in [0.2, 0.25) is 0 Å². The van der Waals surface area contributed by atoms with Gasteiger partial charge in [-0.2, -0.15) is 0 Å². The predicted octanol–water partition coefficient (Wildman–Crippen LogP) is 8.17. The third-order valence-electron chi connectivity index (χ3n) is 8.04. The summed E-state index contributed by atoms with van der Waals surface area (Å²) >= 11 is 6.14. The lowest BCUT2D eigenvalue weighted by molar-refractivity contribution is -0.0120. The number of allylic oxidation sites excluding steroid dienone is 2. The molecule has 1 aromatic rings. The first kappa shape index (κ1) is 28.2. The molecule has 0 bridgehead atoms. The van der Waals surface area contributed by atoms with Gasteiger partial charge >= 0.3 is 6.09 Å². The zero-order valence-corrected chi connectivity index (χ0v) is 24.9. The second-order valence-electron chi connectivity index (χ2n) is 12.9. The third-order valence-corrected chi connectivity index (χ3v) is 12.7. The molecule has 2 aliphatic rings. The number of halogens is 1. The molecular weight excluding hydrogens is 476 g/mol. The number of aromatic nitrogens is 1. The zero-order chi connectivity index (χ0) is 26.2. The van der Waals surface area contributed by atoms with Gasteiger partial charge in [0.05, 0.1) is 12.1 Å².